The SMILES string of the molecule is CC#CCC1CCC(c2ccc(C#Cc3ccc(CCC)cc3)cc2)CC1. The lowest BCUT2D eigenvalue weighted by Gasteiger charge is -2.27. The van der Waals surface area contributed by atoms with E-state index in [2.05, 4.69) is 79.1 Å². The van der Waals surface area contributed by atoms with Crippen LogP contribution in [0, 0.1) is 29.6 Å². The zero-order valence-corrected chi connectivity index (χ0v) is 16.7. The number of benzene rings is 2. The summed E-state index contributed by atoms with van der Waals surface area (Å²) in [5.74, 6) is 14.4. The highest BCUT2D eigenvalue weighted by atomic mass is 14.3. The molecule has 0 bridgehead atoms. The van der Waals surface area contributed by atoms with Crippen LogP contribution in [0.2, 0.25) is 0 Å². The number of hydrogen-bond donors (Lipinski definition) is 0. The Morgan fingerprint density at radius 3 is 1.96 bits per heavy atom. The van der Waals surface area contributed by atoms with Crippen molar-refractivity contribution in [3.63, 3.8) is 0 Å². The van der Waals surface area contributed by atoms with Crippen LogP contribution in [0.15, 0.2) is 48.5 Å². The second kappa shape index (κ2) is 10.0. The lowest BCUT2D eigenvalue weighted by Crippen LogP contribution is -2.12. The molecule has 1 aliphatic rings. The maximum Gasteiger partial charge on any atom is 0.0249 e. The van der Waals surface area contributed by atoms with Crippen molar-refractivity contribution in [1.82, 2.24) is 0 Å². The normalized spacial score (nSPS) is 18.7. The minimum Gasteiger partial charge on any atom is -0.107 e. The molecule has 2 aromatic rings. The van der Waals surface area contributed by atoms with E-state index < -0.39 is 0 Å². The van der Waals surface area contributed by atoms with Gasteiger partial charge in [0, 0.05) is 17.5 Å². The monoisotopic (exact) mass is 354 g/mol. The van der Waals surface area contributed by atoms with Crippen LogP contribution in [0.5, 0.6) is 0 Å². The Labute approximate surface area is 165 Å². The maximum absolute atomic E-state index is 3.31. The predicted octanol–water partition coefficient (Wildman–Crippen LogP) is 6.73. The molecule has 0 N–H and O–H groups in total. The van der Waals surface area contributed by atoms with Gasteiger partial charge >= 0.3 is 0 Å². The molecule has 0 nitrogen and oxygen atoms in total. The quantitative estimate of drug-likeness (QED) is 0.534. The molecular formula is C27H30. The average molecular weight is 355 g/mol. The standard InChI is InChI=1S/C27H30/c1-3-5-7-23-14-18-26(19-15-23)27-20-16-25(17-21-27)13-12-24-10-8-22(6-4-2)9-11-24/h8-11,16-17,20-21,23,26H,4,6-7,14-15,18-19H2,1-2H3. The van der Waals surface area contributed by atoms with Crippen LogP contribution in [0.4, 0.5) is 0 Å². The van der Waals surface area contributed by atoms with Crippen molar-refractivity contribution in [2.75, 3.05) is 0 Å². The van der Waals surface area contributed by atoms with Gasteiger partial charge in [0.1, 0.15) is 0 Å². The molecule has 0 atom stereocenters. The highest BCUT2D eigenvalue weighted by Crippen LogP contribution is 2.36. The Balaban J connectivity index is 1.57. The van der Waals surface area contributed by atoms with Crippen LogP contribution < -0.4 is 0 Å². The smallest absolute Gasteiger partial charge is 0.0249 e. The van der Waals surface area contributed by atoms with Gasteiger partial charge in [0.25, 0.3) is 0 Å². The first-order valence-corrected chi connectivity index (χ1v) is 10.4. The van der Waals surface area contributed by atoms with Crippen molar-refractivity contribution in [2.24, 2.45) is 5.92 Å². The zero-order valence-electron chi connectivity index (χ0n) is 16.7. The van der Waals surface area contributed by atoms with Gasteiger partial charge in [0.05, 0.1) is 0 Å². The van der Waals surface area contributed by atoms with E-state index in [9.17, 15) is 0 Å². The molecule has 0 radical (unpaired) electrons. The molecule has 1 aliphatic carbocycles. The Bertz CT molecular complexity index is 823. The third-order valence-electron chi connectivity index (χ3n) is 5.64. The van der Waals surface area contributed by atoms with Crippen LogP contribution in [0.3, 0.4) is 0 Å². The van der Waals surface area contributed by atoms with E-state index in [1.165, 1.54) is 43.2 Å². The first-order chi connectivity index (χ1) is 13.3. The molecule has 0 saturated heterocycles. The van der Waals surface area contributed by atoms with Gasteiger partial charge < -0.3 is 0 Å². The zero-order chi connectivity index (χ0) is 18.9. The fourth-order valence-electron chi connectivity index (χ4n) is 3.97. The summed E-state index contributed by atoms with van der Waals surface area (Å²) < 4.78 is 0. The van der Waals surface area contributed by atoms with Crippen molar-refractivity contribution in [1.29, 1.82) is 0 Å². The summed E-state index contributed by atoms with van der Waals surface area (Å²) >= 11 is 0. The number of rotatable bonds is 4. The molecular weight excluding hydrogens is 324 g/mol. The van der Waals surface area contributed by atoms with Crippen LogP contribution in [0.25, 0.3) is 0 Å². The maximum atomic E-state index is 3.31. The Kier molecular flexibility index (Phi) is 7.19. The van der Waals surface area contributed by atoms with Gasteiger partial charge in [-0.1, -0.05) is 49.5 Å². The molecule has 0 aliphatic heterocycles. The molecule has 138 valence electrons. The summed E-state index contributed by atoms with van der Waals surface area (Å²) in [4.78, 5) is 0. The number of hydrogen-bond acceptors (Lipinski definition) is 0. The molecule has 3 rings (SSSR count). The minimum atomic E-state index is 0.712. The van der Waals surface area contributed by atoms with Gasteiger partial charge in [-0.2, -0.15) is 0 Å². The molecule has 0 amide bonds. The Morgan fingerprint density at radius 2 is 1.41 bits per heavy atom. The Hall–Kier alpha value is -2.44. The first-order valence-electron chi connectivity index (χ1n) is 10.4. The van der Waals surface area contributed by atoms with E-state index in [-0.39, 0.29) is 0 Å². The van der Waals surface area contributed by atoms with Crippen LogP contribution >= 0.6 is 0 Å². The molecule has 2 aromatic carbocycles. The van der Waals surface area contributed by atoms with Crippen molar-refractivity contribution in [3.8, 4) is 23.7 Å². The van der Waals surface area contributed by atoms with Crippen molar-refractivity contribution in [2.45, 2.75) is 64.7 Å². The van der Waals surface area contributed by atoms with E-state index in [4.69, 9.17) is 0 Å². The highest BCUT2D eigenvalue weighted by molar-refractivity contribution is 5.44. The van der Waals surface area contributed by atoms with Gasteiger partial charge in [-0.25, -0.2) is 0 Å². The first kappa shape index (κ1) is 19.3. The predicted molar refractivity (Wildman–Crippen MR) is 116 cm³/mol. The number of aryl methyl sites for hydroxylation is 1. The third-order valence-corrected chi connectivity index (χ3v) is 5.64. The molecule has 27 heavy (non-hydrogen) atoms. The lowest BCUT2D eigenvalue weighted by molar-refractivity contribution is 0.331. The van der Waals surface area contributed by atoms with Gasteiger partial charge in [-0.3, -0.25) is 0 Å². The minimum absolute atomic E-state index is 0.712. The summed E-state index contributed by atoms with van der Waals surface area (Å²) in [5.41, 5.74) is 5.06. The van der Waals surface area contributed by atoms with E-state index in [0.29, 0.717) is 5.92 Å². The van der Waals surface area contributed by atoms with E-state index >= 15 is 0 Å². The fourth-order valence-corrected chi connectivity index (χ4v) is 3.97. The Morgan fingerprint density at radius 1 is 0.815 bits per heavy atom. The van der Waals surface area contributed by atoms with Gasteiger partial charge in [0.2, 0.25) is 0 Å². The largest absolute Gasteiger partial charge is 0.107 e. The van der Waals surface area contributed by atoms with Crippen LogP contribution in [-0.2, 0) is 6.42 Å². The van der Waals surface area contributed by atoms with Crippen molar-refractivity contribution >= 4 is 0 Å². The van der Waals surface area contributed by atoms with Crippen LogP contribution in [-0.4, -0.2) is 0 Å². The summed E-state index contributed by atoms with van der Waals surface area (Å²) in [6.07, 6.45) is 8.63. The molecule has 0 aromatic heterocycles. The average Bonchev–Trinajstić information content (AvgIpc) is 2.73. The summed E-state index contributed by atoms with van der Waals surface area (Å²) in [6.45, 7) is 4.15. The van der Waals surface area contributed by atoms with Crippen molar-refractivity contribution < 1.29 is 0 Å². The highest BCUT2D eigenvalue weighted by Gasteiger charge is 2.21. The molecule has 0 heteroatoms. The van der Waals surface area contributed by atoms with Gasteiger partial charge in [-0.15, -0.1) is 11.8 Å². The van der Waals surface area contributed by atoms with Crippen LogP contribution in [0.1, 0.15) is 80.5 Å². The topological polar surface area (TPSA) is 0 Å². The second-order valence-electron chi connectivity index (χ2n) is 7.67. The van der Waals surface area contributed by atoms with Gasteiger partial charge in [-0.05, 0) is 86.3 Å². The fraction of sp³-hybridized carbons (Fsp3) is 0.407. The lowest BCUT2D eigenvalue weighted by atomic mass is 9.77. The third kappa shape index (κ3) is 5.77. The van der Waals surface area contributed by atoms with Crippen molar-refractivity contribution in [3.05, 3.63) is 70.8 Å². The molecule has 1 fully saturated rings. The van der Waals surface area contributed by atoms with E-state index in [1.807, 2.05) is 6.92 Å². The summed E-state index contributed by atoms with van der Waals surface area (Å²) in [7, 11) is 0. The summed E-state index contributed by atoms with van der Waals surface area (Å²) in [6, 6.07) is 17.6. The molecule has 0 heterocycles. The van der Waals surface area contributed by atoms with Gasteiger partial charge in [0.15, 0.2) is 0 Å². The van der Waals surface area contributed by atoms with E-state index in [0.717, 1.165) is 29.9 Å². The van der Waals surface area contributed by atoms with E-state index in [1.54, 1.807) is 0 Å². The molecule has 1 saturated carbocycles. The molecule has 0 spiro atoms. The summed E-state index contributed by atoms with van der Waals surface area (Å²) in [5, 5.41) is 0. The second-order valence-corrected chi connectivity index (χ2v) is 7.67. The molecule has 0 unspecified atom stereocenters.